The molecule has 94 valence electrons. The van der Waals surface area contributed by atoms with Crippen molar-refractivity contribution in [2.24, 2.45) is 0 Å². The van der Waals surface area contributed by atoms with Crippen LogP contribution in [0.3, 0.4) is 0 Å². The van der Waals surface area contributed by atoms with Crippen molar-refractivity contribution in [3.63, 3.8) is 0 Å². The second-order valence-corrected chi connectivity index (χ2v) is 4.14. The minimum atomic E-state index is -1.24. The Morgan fingerprint density at radius 2 is 2.22 bits per heavy atom. The highest BCUT2D eigenvalue weighted by atomic mass is 79.9. The van der Waals surface area contributed by atoms with Gasteiger partial charge < -0.3 is 14.4 Å². The molecule has 5 nitrogen and oxygen atoms in total. The van der Waals surface area contributed by atoms with Gasteiger partial charge in [0.2, 0.25) is 5.76 Å². The van der Waals surface area contributed by atoms with Gasteiger partial charge in [0.25, 0.3) is 0 Å². The maximum Gasteiger partial charge on any atom is 0.374 e. The summed E-state index contributed by atoms with van der Waals surface area (Å²) in [6.07, 6.45) is 0. The van der Waals surface area contributed by atoms with E-state index in [9.17, 15) is 9.18 Å². The summed E-state index contributed by atoms with van der Waals surface area (Å²) in [6, 6.07) is 3.61. The van der Waals surface area contributed by atoms with E-state index in [4.69, 9.17) is 9.84 Å². The molecule has 0 saturated carbocycles. The highest BCUT2D eigenvalue weighted by Crippen LogP contribution is 2.36. The van der Waals surface area contributed by atoms with Crippen molar-refractivity contribution in [2.45, 2.75) is 0 Å². The molecule has 2 aromatic rings. The van der Waals surface area contributed by atoms with Crippen LogP contribution in [-0.2, 0) is 0 Å². The van der Waals surface area contributed by atoms with E-state index in [0.29, 0.717) is 10.0 Å². The minimum Gasteiger partial charge on any atom is -0.495 e. The number of carboxylic acid groups (broad SMARTS) is 1. The Hall–Kier alpha value is -1.89. The fraction of sp³-hybridized carbons (Fsp3) is 0.0909. The molecular weight excluding hydrogens is 309 g/mol. The first-order chi connectivity index (χ1) is 8.52. The third kappa shape index (κ3) is 2.21. The van der Waals surface area contributed by atoms with Crippen LogP contribution in [0.4, 0.5) is 4.39 Å². The van der Waals surface area contributed by atoms with E-state index in [1.165, 1.54) is 25.3 Å². The summed E-state index contributed by atoms with van der Waals surface area (Å²) in [5.74, 6) is -1.80. The standard InChI is InChI=1S/C11H7BrFNO4/c1-17-8-3-5(13)2-6(10(8)12)7-4-9(11(15)16)18-14-7/h2-4H,1H3,(H,15,16). The van der Waals surface area contributed by atoms with E-state index >= 15 is 0 Å². The zero-order valence-electron chi connectivity index (χ0n) is 9.11. The van der Waals surface area contributed by atoms with Gasteiger partial charge >= 0.3 is 5.97 Å². The number of hydrogen-bond acceptors (Lipinski definition) is 4. The fourth-order valence-corrected chi connectivity index (χ4v) is 2.00. The molecule has 0 spiro atoms. The molecule has 2 rings (SSSR count). The zero-order chi connectivity index (χ0) is 13.3. The number of aromatic nitrogens is 1. The van der Waals surface area contributed by atoms with E-state index in [0.717, 1.165) is 0 Å². The Labute approximate surface area is 109 Å². The van der Waals surface area contributed by atoms with E-state index in [1.807, 2.05) is 0 Å². The molecule has 1 heterocycles. The van der Waals surface area contributed by atoms with Gasteiger partial charge in [0.15, 0.2) is 0 Å². The molecular formula is C11H7BrFNO4. The second-order valence-electron chi connectivity index (χ2n) is 3.35. The highest BCUT2D eigenvalue weighted by Gasteiger charge is 2.17. The average Bonchev–Trinajstić information content (AvgIpc) is 2.81. The molecule has 0 bridgehead atoms. The van der Waals surface area contributed by atoms with Crippen LogP contribution < -0.4 is 4.74 Å². The maximum atomic E-state index is 13.4. The first-order valence-electron chi connectivity index (χ1n) is 4.76. The third-order valence-electron chi connectivity index (χ3n) is 2.22. The normalized spacial score (nSPS) is 10.4. The largest absolute Gasteiger partial charge is 0.495 e. The predicted molar refractivity (Wildman–Crippen MR) is 63.1 cm³/mol. The molecule has 0 fully saturated rings. The van der Waals surface area contributed by atoms with Crippen molar-refractivity contribution in [3.8, 4) is 17.0 Å². The van der Waals surface area contributed by atoms with Gasteiger partial charge in [0.05, 0.1) is 11.6 Å². The number of rotatable bonds is 3. The lowest BCUT2D eigenvalue weighted by Crippen LogP contribution is -1.92. The average molecular weight is 316 g/mol. The Morgan fingerprint density at radius 1 is 1.50 bits per heavy atom. The molecule has 0 aliphatic rings. The molecule has 1 aromatic heterocycles. The monoisotopic (exact) mass is 315 g/mol. The number of halogens is 2. The van der Waals surface area contributed by atoms with Crippen LogP contribution in [-0.4, -0.2) is 23.3 Å². The molecule has 0 aliphatic carbocycles. The van der Waals surface area contributed by atoms with E-state index in [-0.39, 0.29) is 17.2 Å². The summed E-state index contributed by atoms with van der Waals surface area (Å²) in [5.41, 5.74) is 0.556. The van der Waals surface area contributed by atoms with Crippen molar-refractivity contribution in [1.82, 2.24) is 5.16 Å². The van der Waals surface area contributed by atoms with Gasteiger partial charge in [0.1, 0.15) is 17.3 Å². The summed E-state index contributed by atoms with van der Waals surface area (Å²) in [6.45, 7) is 0. The first-order valence-corrected chi connectivity index (χ1v) is 5.55. The lowest BCUT2D eigenvalue weighted by molar-refractivity contribution is 0.0652. The molecule has 1 aromatic carbocycles. The van der Waals surface area contributed by atoms with Gasteiger partial charge in [-0.2, -0.15) is 0 Å². The topological polar surface area (TPSA) is 72.6 Å². The Balaban J connectivity index is 2.55. The van der Waals surface area contributed by atoms with Gasteiger partial charge in [0, 0.05) is 17.7 Å². The fourth-order valence-electron chi connectivity index (χ4n) is 1.40. The molecule has 7 heteroatoms. The molecule has 0 unspecified atom stereocenters. The highest BCUT2D eigenvalue weighted by molar-refractivity contribution is 9.10. The number of carbonyl (C=O) groups is 1. The Bertz CT molecular complexity index is 611. The number of nitrogens with zero attached hydrogens (tertiary/aromatic N) is 1. The molecule has 0 amide bonds. The van der Waals surface area contributed by atoms with Gasteiger partial charge in [-0.15, -0.1) is 0 Å². The number of hydrogen-bond donors (Lipinski definition) is 1. The summed E-state index contributed by atoms with van der Waals surface area (Å²) in [5, 5.41) is 12.3. The summed E-state index contributed by atoms with van der Waals surface area (Å²) >= 11 is 3.24. The van der Waals surface area contributed by atoms with Crippen molar-refractivity contribution >= 4 is 21.9 Å². The van der Waals surface area contributed by atoms with Gasteiger partial charge in [-0.3, -0.25) is 0 Å². The molecule has 0 radical (unpaired) electrons. The van der Waals surface area contributed by atoms with Crippen LogP contribution in [0.15, 0.2) is 27.2 Å². The van der Waals surface area contributed by atoms with Crippen molar-refractivity contribution in [3.05, 3.63) is 34.2 Å². The number of carboxylic acids is 1. The molecule has 0 atom stereocenters. The van der Waals surface area contributed by atoms with Crippen LogP contribution in [0, 0.1) is 5.82 Å². The van der Waals surface area contributed by atoms with Crippen LogP contribution in [0.2, 0.25) is 0 Å². The maximum absolute atomic E-state index is 13.4. The van der Waals surface area contributed by atoms with Crippen LogP contribution in [0.5, 0.6) is 5.75 Å². The lowest BCUT2D eigenvalue weighted by atomic mass is 10.1. The van der Waals surface area contributed by atoms with E-state index in [2.05, 4.69) is 25.6 Å². The smallest absolute Gasteiger partial charge is 0.374 e. The van der Waals surface area contributed by atoms with Gasteiger partial charge in [-0.25, -0.2) is 9.18 Å². The molecule has 0 saturated heterocycles. The SMILES string of the molecule is COc1cc(F)cc(-c2cc(C(=O)O)on2)c1Br. The number of methoxy groups -OCH3 is 1. The Morgan fingerprint density at radius 3 is 2.78 bits per heavy atom. The summed E-state index contributed by atoms with van der Waals surface area (Å²) < 4.78 is 23.4. The summed E-state index contributed by atoms with van der Waals surface area (Å²) in [7, 11) is 1.40. The first kappa shape index (κ1) is 12.6. The second kappa shape index (κ2) is 4.77. The van der Waals surface area contributed by atoms with Crippen LogP contribution >= 0.6 is 15.9 Å². The predicted octanol–water partition coefficient (Wildman–Crippen LogP) is 2.95. The zero-order valence-corrected chi connectivity index (χ0v) is 10.7. The Kier molecular flexibility index (Phi) is 3.33. The quantitative estimate of drug-likeness (QED) is 0.942. The van der Waals surface area contributed by atoms with Gasteiger partial charge in [-0.05, 0) is 22.0 Å². The summed E-state index contributed by atoms with van der Waals surface area (Å²) in [4.78, 5) is 10.7. The molecule has 18 heavy (non-hydrogen) atoms. The number of aromatic carboxylic acids is 1. The van der Waals surface area contributed by atoms with E-state index < -0.39 is 11.8 Å². The van der Waals surface area contributed by atoms with Crippen molar-refractivity contribution in [1.29, 1.82) is 0 Å². The van der Waals surface area contributed by atoms with E-state index in [1.54, 1.807) is 0 Å². The van der Waals surface area contributed by atoms with Gasteiger partial charge in [-0.1, -0.05) is 5.16 Å². The van der Waals surface area contributed by atoms with Crippen molar-refractivity contribution < 1.29 is 23.6 Å². The number of benzene rings is 1. The third-order valence-corrected chi connectivity index (χ3v) is 3.04. The van der Waals surface area contributed by atoms with Crippen LogP contribution in [0.1, 0.15) is 10.6 Å². The lowest BCUT2D eigenvalue weighted by Gasteiger charge is -2.06. The minimum absolute atomic E-state index is 0.206. The number of ether oxygens (including phenoxy) is 1. The van der Waals surface area contributed by atoms with Crippen molar-refractivity contribution in [2.75, 3.05) is 7.11 Å². The molecule has 0 aliphatic heterocycles. The molecule has 1 N–H and O–H groups in total. The van der Waals surface area contributed by atoms with Crippen LogP contribution in [0.25, 0.3) is 11.3 Å².